The molecule has 3 aromatic rings. The number of ether oxygens (including phenoxy) is 2. The standard InChI is InChI=1S/C23H22N4O6S/c28-22(16-33-23(29)10-7-18-15-24-20-3-1-2-4-21(20)25-18)26-17-5-8-19(9-6-17)34(30,31)27-11-13-32-14-12-27/h1-10,15H,11-14,16H2,(H,26,28)/b10-7+. The number of morpholine rings is 1. The summed E-state index contributed by atoms with van der Waals surface area (Å²) in [5, 5.41) is 2.56. The molecule has 176 valence electrons. The van der Waals surface area contributed by atoms with Crippen LogP contribution in [0.3, 0.4) is 0 Å². The lowest BCUT2D eigenvalue weighted by Crippen LogP contribution is -2.40. The molecule has 1 aromatic heterocycles. The smallest absolute Gasteiger partial charge is 0.331 e. The maximum absolute atomic E-state index is 12.6. The van der Waals surface area contributed by atoms with Gasteiger partial charge in [-0.15, -0.1) is 0 Å². The Balaban J connectivity index is 1.27. The summed E-state index contributed by atoms with van der Waals surface area (Å²) in [6, 6.07) is 13.1. The van der Waals surface area contributed by atoms with Gasteiger partial charge in [0.05, 0.1) is 41.0 Å². The van der Waals surface area contributed by atoms with Crippen molar-refractivity contribution in [3.8, 4) is 0 Å². The molecule has 1 fully saturated rings. The van der Waals surface area contributed by atoms with E-state index < -0.39 is 28.5 Å². The van der Waals surface area contributed by atoms with E-state index in [2.05, 4.69) is 15.3 Å². The Hall–Kier alpha value is -3.67. The zero-order valence-electron chi connectivity index (χ0n) is 18.1. The predicted molar refractivity (Wildman–Crippen MR) is 124 cm³/mol. The Morgan fingerprint density at radius 3 is 2.50 bits per heavy atom. The van der Waals surface area contributed by atoms with Gasteiger partial charge in [0.2, 0.25) is 10.0 Å². The molecule has 0 atom stereocenters. The molecule has 0 radical (unpaired) electrons. The first kappa shape index (κ1) is 23.5. The number of hydrogen-bond acceptors (Lipinski definition) is 8. The summed E-state index contributed by atoms with van der Waals surface area (Å²) in [5.74, 6) is -1.27. The van der Waals surface area contributed by atoms with Crippen LogP contribution in [0.15, 0.2) is 65.7 Å². The van der Waals surface area contributed by atoms with Gasteiger partial charge in [-0.25, -0.2) is 18.2 Å². The van der Waals surface area contributed by atoms with E-state index in [0.717, 1.165) is 11.6 Å². The average molecular weight is 483 g/mol. The largest absolute Gasteiger partial charge is 0.452 e. The third kappa shape index (κ3) is 5.81. The summed E-state index contributed by atoms with van der Waals surface area (Å²) in [7, 11) is -3.62. The third-order valence-corrected chi connectivity index (χ3v) is 6.86. The van der Waals surface area contributed by atoms with E-state index in [1.54, 1.807) is 0 Å². The molecule has 1 aliphatic rings. The molecule has 1 amide bonds. The first-order valence-electron chi connectivity index (χ1n) is 10.5. The van der Waals surface area contributed by atoms with Gasteiger partial charge < -0.3 is 14.8 Å². The van der Waals surface area contributed by atoms with E-state index in [9.17, 15) is 18.0 Å². The van der Waals surface area contributed by atoms with Crippen molar-refractivity contribution in [2.24, 2.45) is 0 Å². The highest BCUT2D eigenvalue weighted by molar-refractivity contribution is 7.89. The molecule has 0 bridgehead atoms. The molecular formula is C23H22N4O6S. The van der Waals surface area contributed by atoms with Crippen molar-refractivity contribution in [1.29, 1.82) is 0 Å². The van der Waals surface area contributed by atoms with Gasteiger partial charge >= 0.3 is 5.97 Å². The molecule has 0 saturated carbocycles. The number of sulfonamides is 1. The molecule has 2 aromatic carbocycles. The molecule has 2 heterocycles. The molecule has 0 aliphatic carbocycles. The quantitative estimate of drug-likeness (QED) is 0.399. The highest BCUT2D eigenvalue weighted by Gasteiger charge is 2.26. The summed E-state index contributed by atoms with van der Waals surface area (Å²) in [4.78, 5) is 32.8. The first-order valence-corrected chi connectivity index (χ1v) is 11.9. The summed E-state index contributed by atoms with van der Waals surface area (Å²) >= 11 is 0. The Bertz CT molecular complexity index is 1320. The van der Waals surface area contributed by atoms with Gasteiger partial charge in [0.15, 0.2) is 6.61 Å². The number of hydrogen-bond donors (Lipinski definition) is 1. The fraction of sp³-hybridized carbons (Fsp3) is 0.217. The molecule has 0 unspecified atom stereocenters. The topological polar surface area (TPSA) is 128 Å². The molecule has 10 nitrogen and oxygen atoms in total. The maximum atomic E-state index is 12.6. The predicted octanol–water partition coefficient (Wildman–Crippen LogP) is 1.85. The number of fused-ring (bicyclic) bond motifs is 1. The van der Waals surface area contributed by atoms with Crippen LogP contribution in [0.5, 0.6) is 0 Å². The van der Waals surface area contributed by atoms with E-state index in [4.69, 9.17) is 9.47 Å². The minimum absolute atomic E-state index is 0.126. The van der Waals surface area contributed by atoms with Gasteiger partial charge in [-0.1, -0.05) is 12.1 Å². The average Bonchev–Trinajstić information content (AvgIpc) is 2.87. The minimum atomic E-state index is -3.62. The second-order valence-corrected chi connectivity index (χ2v) is 9.25. The monoisotopic (exact) mass is 482 g/mol. The second kappa shape index (κ2) is 10.5. The van der Waals surface area contributed by atoms with Crippen LogP contribution in [-0.4, -0.2) is 67.5 Å². The van der Waals surface area contributed by atoms with E-state index in [0.29, 0.717) is 43.2 Å². The fourth-order valence-corrected chi connectivity index (χ4v) is 4.64. The van der Waals surface area contributed by atoms with E-state index in [1.165, 1.54) is 40.8 Å². The number of amides is 1. The van der Waals surface area contributed by atoms with Crippen LogP contribution in [0.4, 0.5) is 5.69 Å². The number of nitrogens with one attached hydrogen (secondary N) is 1. The number of carbonyl (C=O) groups excluding carboxylic acids is 2. The van der Waals surface area contributed by atoms with Crippen molar-refractivity contribution in [2.45, 2.75) is 4.90 Å². The van der Waals surface area contributed by atoms with E-state index in [1.807, 2.05) is 24.3 Å². The molecule has 34 heavy (non-hydrogen) atoms. The van der Waals surface area contributed by atoms with Gasteiger partial charge in [0.1, 0.15) is 0 Å². The lowest BCUT2D eigenvalue weighted by atomic mass is 10.3. The van der Waals surface area contributed by atoms with Crippen LogP contribution in [0, 0.1) is 0 Å². The van der Waals surface area contributed by atoms with Crippen LogP contribution in [0.1, 0.15) is 5.69 Å². The van der Waals surface area contributed by atoms with Crippen LogP contribution in [0.2, 0.25) is 0 Å². The first-order chi connectivity index (χ1) is 16.4. The van der Waals surface area contributed by atoms with Crippen molar-refractivity contribution >= 4 is 44.7 Å². The SMILES string of the molecule is O=C(COC(=O)/C=C/c1cnc2ccccc2n1)Nc1ccc(S(=O)(=O)N2CCOCC2)cc1. The van der Waals surface area contributed by atoms with Crippen molar-refractivity contribution in [1.82, 2.24) is 14.3 Å². The number of nitrogens with zero attached hydrogens (tertiary/aromatic N) is 3. The van der Waals surface area contributed by atoms with Crippen molar-refractivity contribution in [2.75, 3.05) is 38.2 Å². The lowest BCUT2D eigenvalue weighted by Gasteiger charge is -2.26. The Labute approximate surface area is 196 Å². The van der Waals surface area contributed by atoms with Crippen molar-refractivity contribution in [3.63, 3.8) is 0 Å². The lowest BCUT2D eigenvalue weighted by molar-refractivity contribution is -0.142. The molecule has 4 rings (SSSR count). The zero-order chi connectivity index (χ0) is 24.0. The molecule has 1 saturated heterocycles. The normalized spacial score (nSPS) is 14.8. The van der Waals surface area contributed by atoms with Crippen molar-refractivity contribution in [3.05, 3.63) is 66.5 Å². The number of benzene rings is 2. The van der Waals surface area contributed by atoms with Gasteiger partial charge in [-0.3, -0.25) is 9.78 Å². The second-order valence-electron chi connectivity index (χ2n) is 7.31. The maximum Gasteiger partial charge on any atom is 0.331 e. The summed E-state index contributed by atoms with van der Waals surface area (Å²) < 4.78 is 36.8. The van der Waals surface area contributed by atoms with Crippen molar-refractivity contribution < 1.29 is 27.5 Å². The highest BCUT2D eigenvalue weighted by atomic mass is 32.2. The molecular weight excluding hydrogens is 460 g/mol. The van der Waals surface area contributed by atoms with Crippen LogP contribution in [-0.2, 0) is 29.1 Å². The summed E-state index contributed by atoms with van der Waals surface area (Å²) in [6.07, 6.45) is 4.15. The number of rotatable bonds is 7. The van der Waals surface area contributed by atoms with Gasteiger partial charge in [-0.05, 0) is 42.5 Å². The van der Waals surface area contributed by atoms with Crippen LogP contribution in [0.25, 0.3) is 17.1 Å². The highest BCUT2D eigenvalue weighted by Crippen LogP contribution is 2.19. The Morgan fingerprint density at radius 1 is 1.06 bits per heavy atom. The van der Waals surface area contributed by atoms with Crippen LogP contribution >= 0.6 is 0 Å². The number of anilines is 1. The van der Waals surface area contributed by atoms with Crippen LogP contribution < -0.4 is 5.32 Å². The Kier molecular flexibility index (Phi) is 7.26. The molecule has 0 spiro atoms. The minimum Gasteiger partial charge on any atom is -0.452 e. The van der Waals surface area contributed by atoms with Gasteiger partial charge in [0.25, 0.3) is 5.91 Å². The third-order valence-electron chi connectivity index (χ3n) is 4.95. The fourth-order valence-electron chi connectivity index (χ4n) is 3.23. The van der Waals surface area contributed by atoms with E-state index in [-0.39, 0.29) is 4.90 Å². The molecule has 11 heteroatoms. The number of esters is 1. The van der Waals surface area contributed by atoms with Gasteiger partial charge in [-0.2, -0.15) is 4.31 Å². The summed E-state index contributed by atoms with van der Waals surface area (Å²) in [6.45, 7) is 0.816. The number of carbonyl (C=O) groups is 2. The Morgan fingerprint density at radius 2 is 1.76 bits per heavy atom. The number of aromatic nitrogens is 2. The molecule has 1 aliphatic heterocycles. The number of para-hydroxylation sites is 2. The molecule has 1 N–H and O–H groups in total. The van der Waals surface area contributed by atoms with Gasteiger partial charge in [0, 0.05) is 24.9 Å². The van der Waals surface area contributed by atoms with E-state index >= 15 is 0 Å². The zero-order valence-corrected chi connectivity index (χ0v) is 18.9. The summed E-state index contributed by atoms with van der Waals surface area (Å²) in [5.41, 5.74) is 2.29.